The van der Waals surface area contributed by atoms with Gasteiger partial charge in [-0.05, 0) is 35.9 Å². The molecule has 3 aromatic carbocycles. The van der Waals surface area contributed by atoms with Crippen LogP contribution >= 0.6 is 15.9 Å². The first-order chi connectivity index (χ1) is 13.3. The quantitative estimate of drug-likeness (QED) is 0.465. The van der Waals surface area contributed by atoms with Gasteiger partial charge in [0.1, 0.15) is 5.71 Å². The first-order valence-electron chi connectivity index (χ1n) is 8.70. The summed E-state index contributed by atoms with van der Waals surface area (Å²) in [6.45, 7) is 0.589. The molecule has 130 valence electrons. The minimum Gasteiger partial charge on any atom is -0.337 e. The van der Waals surface area contributed by atoms with Crippen molar-refractivity contribution in [3.8, 4) is 0 Å². The van der Waals surface area contributed by atoms with E-state index >= 15 is 0 Å². The third-order valence-corrected chi connectivity index (χ3v) is 5.06. The van der Waals surface area contributed by atoms with Crippen LogP contribution in [0.3, 0.4) is 0 Å². The molecule has 0 bridgehead atoms. The van der Waals surface area contributed by atoms with E-state index < -0.39 is 0 Å². The van der Waals surface area contributed by atoms with Gasteiger partial charge >= 0.3 is 0 Å². The van der Waals surface area contributed by atoms with E-state index in [4.69, 9.17) is 15.0 Å². The lowest BCUT2D eigenvalue weighted by Crippen LogP contribution is -2.18. The van der Waals surface area contributed by atoms with Gasteiger partial charge in [-0.15, -0.1) is 0 Å². The molecule has 1 N–H and O–H groups in total. The summed E-state index contributed by atoms with van der Waals surface area (Å²) in [5.74, 6) is 0.728. The summed E-state index contributed by atoms with van der Waals surface area (Å²) in [6, 6.07) is 24.3. The Morgan fingerprint density at radius 2 is 1.70 bits per heavy atom. The van der Waals surface area contributed by atoms with E-state index in [1.165, 1.54) is 0 Å². The first-order valence-corrected chi connectivity index (χ1v) is 9.50. The van der Waals surface area contributed by atoms with Crippen molar-refractivity contribution in [2.24, 2.45) is 9.98 Å². The van der Waals surface area contributed by atoms with Crippen LogP contribution in [0.4, 0.5) is 5.69 Å². The number of hydrogen-bond acceptors (Lipinski definition) is 3. The maximum atomic E-state index is 4.97. The standard InChI is InChI=1S/C22H15BrN4/c23-16-8-5-7-14(12-16)20-21(22-26-18-10-3-4-11-19(18)27-22)25-17-9-2-1-6-15(17)13-24-20/h1-12H,13H2,(H,26,27). The van der Waals surface area contributed by atoms with Gasteiger partial charge in [0.2, 0.25) is 0 Å². The molecule has 0 atom stereocenters. The van der Waals surface area contributed by atoms with E-state index in [-0.39, 0.29) is 0 Å². The molecule has 0 saturated heterocycles. The molecule has 2 heterocycles. The van der Waals surface area contributed by atoms with Gasteiger partial charge in [0.25, 0.3) is 0 Å². The van der Waals surface area contributed by atoms with Crippen molar-refractivity contribution in [2.75, 3.05) is 0 Å². The van der Waals surface area contributed by atoms with Crippen molar-refractivity contribution in [3.05, 3.63) is 94.2 Å². The van der Waals surface area contributed by atoms with E-state index in [2.05, 4.69) is 39.1 Å². The number of aromatic amines is 1. The second kappa shape index (κ2) is 6.59. The van der Waals surface area contributed by atoms with Crippen LogP contribution in [0.2, 0.25) is 0 Å². The number of aliphatic imine (C=N–C) groups is 2. The van der Waals surface area contributed by atoms with Crippen LogP contribution in [-0.2, 0) is 6.54 Å². The van der Waals surface area contributed by atoms with Crippen molar-refractivity contribution in [1.29, 1.82) is 0 Å². The molecule has 0 amide bonds. The van der Waals surface area contributed by atoms with Crippen molar-refractivity contribution in [3.63, 3.8) is 0 Å². The van der Waals surface area contributed by atoms with Crippen molar-refractivity contribution in [2.45, 2.75) is 6.54 Å². The average molecular weight is 415 g/mol. The normalized spacial score (nSPS) is 13.7. The number of halogens is 1. The first kappa shape index (κ1) is 16.1. The molecule has 0 radical (unpaired) electrons. The summed E-state index contributed by atoms with van der Waals surface area (Å²) < 4.78 is 1.01. The van der Waals surface area contributed by atoms with Crippen LogP contribution < -0.4 is 0 Å². The molecule has 4 nitrogen and oxygen atoms in total. The largest absolute Gasteiger partial charge is 0.337 e. The maximum absolute atomic E-state index is 4.97. The zero-order valence-electron chi connectivity index (χ0n) is 14.4. The monoisotopic (exact) mass is 414 g/mol. The minimum absolute atomic E-state index is 0.589. The number of H-pyrrole nitrogens is 1. The summed E-state index contributed by atoms with van der Waals surface area (Å²) >= 11 is 3.56. The van der Waals surface area contributed by atoms with Gasteiger partial charge in [-0.1, -0.05) is 58.4 Å². The van der Waals surface area contributed by atoms with E-state index in [0.29, 0.717) is 6.54 Å². The van der Waals surface area contributed by atoms with Crippen molar-refractivity contribution in [1.82, 2.24) is 9.97 Å². The number of fused-ring (bicyclic) bond motifs is 2. The molecular formula is C22H15BrN4. The van der Waals surface area contributed by atoms with Crippen LogP contribution in [0.15, 0.2) is 87.3 Å². The van der Waals surface area contributed by atoms with Crippen LogP contribution in [0, 0.1) is 0 Å². The molecule has 1 aliphatic heterocycles. The lowest BCUT2D eigenvalue weighted by atomic mass is 10.1. The fraction of sp³-hybridized carbons (Fsp3) is 0.0455. The SMILES string of the molecule is Brc1cccc(C2=NCc3ccccc3N=C2c2nc3ccccc3[nH]2)c1. The molecule has 0 unspecified atom stereocenters. The van der Waals surface area contributed by atoms with Gasteiger partial charge < -0.3 is 4.98 Å². The van der Waals surface area contributed by atoms with Crippen molar-refractivity contribution >= 4 is 44.1 Å². The summed E-state index contributed by atoms with van der Waals surface area (Å²) in [6.07, 6.45) is 0. The fourth-order valence-corrected chi connectivity index (χ4v) is 3.66. The van der Waals surface area contributed by atoms with Crippen LogP contribution in [0.1, 0.15) is 17.0 Å². The topological polar surface area (TPSA) is 53.4 Å². The van der Waals surface area contributed by atoms with Gasteiger partial charge in [-0.25, -0.2) is 9.98 Å². The molecule has 5 rings (SSSR count). The van der Waals surface area contributed by atoms with Crippen molar-refractivity contribution < 1.29 is 0 Å². The van der Waals surface area contributed by atoms with Gasteiger partial charge in [0.05, 0.1) is 29.0 Å². The number of aromatic nitrogens is 2. The molecule has 27 heavy (non-hydrogen) atoms. The Kier molecular flexibility index (Phi) is 3.94. The fourth-order valence-electron chi connectivity index (χ4n) is 3.26. The second-order valence-corrected chi connectivity index (χ2v) is 7.28. The zero-order valence-corrected chi connectivity index (χ0v) is 15.9. The highest BCUT2D eigenvalue weighted by Gasteiger charge is 2.21. The molecule has 1 aromatic heterocycles. The van der Waals surface area contributed by atoms with E-state index in [1.54, 1.807) is 0 Å². The molecule has 0 aliphatic carbocycles. The lowest BCUT2D eigenvalue weighted by Gasteiger charge is -2.07. The number of imidazole rings is 1. The average Bonchev–Trinajstić information content (AvgIpc) is 3.02. The van der Waals surface area contributed by atoms with Gasteiger partial charge in [0, 0.05) is 10.0 Å². The molecule has 0 spiro atoms. The van der Waals surface area contributed by atoms with Gasteiger partial charge in [-0.2, -0.15) is 0 Å². The Morgan fingerprint density at radius 3 is 2.59 bits per heavy atom. The van der Waals surface area contributed by atoms with Gasteiger partial charge in [-0.3, -0.25) is 4.99 Å². The third-order valence-electron chi connectivity index (χ3n) is 4.57. The summed E-state index contributed by atoms with van der Waals surface area (Å²) in [7, 11) is 0. The van der Waals surface area contributed by atoms with Crippen LogP contribution in [0.5, 0.6) is 0 Å². The smallest absolute Gasteiger partial charge is 0.159 e. The second-order valence-electron chi connectivity index (χ2n) is 6.37. The summed E-state index contributed by atoms with van der Waals surface area (Å²) in [5, 5.41) is 0. The van der Waals surface area contributed by atoms with E-state index in [9.17, 15) is 0 Å². The Morgan fingerprint density at radius 1 is 0.852 bits per heavy atom. The molecule has 5 heteroatoms. The Balaban J connectivity index is 1.74. The number of para-hydroxylation sites is 3. The van der Waals surface area contributed by atoms with Crippen LogP contribution in [-0.4, -0.2) is 21.4 Å². The van der Waals surface area contributed by atoms with E-state index in [0.717, 1.165) is 49.6 Å². The molecule has 0 saturated carbocycles. The zero-order chi connectivity index (χ0) is 18.2. The Labute approximate surface area is 164 Å². The van der Waals surface area contributed by atoms with E-state index in [1.807, 2.05) is 54.6 Å². The number of nitrogens with one attached hydrogen (secondary N) is 1. The number of benzene rings is 3. The predicted octanol–water partition coefficient (Wildman–Crippen LogP) is 5.45. The summed E-state index contributed by atoms with van der Waals surface area (Å²) in [4.78, 5) is 18.1. The summed E-state index contributed by atoms with van der Waals surface area (Å²) in [5.41, 5.74) is 6.55. The maximum Gasteiger partial charge on any atom is 0.159 e. The molecule has 0 fully saturated rings. The van der Waals surface area contributed by atoms with Gasteiger partial charge in [0.15, 0.2) is 5.82 Å². The number of hydrogen-bond donors (Lipinski definition) is 1. The number of rotatable bonds is 2. The highest BCUT2D eigenvalue weighted by Crippen LogP contribution is 2.26. The molecular weight excluding hydrogens is 400 g/mol. The molecule has 4 aromatic rings. The highest BCUT2D eigenvalue weighted by atomic mass is 79.9. The highest BCUT2D eigenvalue weighted by molar-refractivity contribution is 9.10. The number of nitrogens with zero attached hydrogens (tertiary/aromatic N) is 3. The Hall–Kier alpha value is -3.05. The molecule has 1 aliphatic rings. The van der Waals surface area contributed by atoms with Crippen LogP contribution in [0.25, 0.3) is 11.0 Å². The minimum atomic E-state index is 0.589. The lowest BCUT2D eigenvalue weighted by molar-refractivity contribution is 1.08. The third kappa shape index (κ3) is 3.00. The predicted molar refractivity (Wildman–Crippen MR) is 113 cm³/mol. The Bertz CT molecular complexity index is 1190.